The minimum atomic E-state index is -0.471. The van der Waals surface area contributed by atoms with E-state index >= 15 is 0 Å². The van der Waals surface area contributed by atoms with Crippen molar-refractivity contribution in [1.82, 2.24) is 9.88 Å². The van der Waals surface area contributed by atoms with Crippen LogP contribution in [0, 0.1) is 0 Å². The smallest absolute Gasteiger partial charge is 0.0690 e. The van der Waals surface area contributed by atoms with Crippen molar-refractivity contribution in [2.24, 2.45) is 0 Å². The van der Waals surface area contributed by atoms with Gasteiger partial charge >= 0.3 is 0 Å². The fraction of sp³-hybridized carbons (Fsp3) is 0.421. The zero-order valence-electron chi connectivity index (χ0n) is 13.7. The number of aliphatic hydroxyl groups is 1. The molecular weight excluding hydrogens is 272 g/mol. The average Bonchev–Trinajstić information content (AvgIpc) is 2.57. The van der Waals surface area contributed by atoms with Crippen LogP contribution < -0.4 is 0 Å². The van der Waals surface area contributed by atoms with E-state index in [1.165, 1.54) is 0 Å². The Kier molecular flexibility index (Phi) is 5.69. The zero-order chi connectivity index (χ0) is 16.0. The molecule has 0 saturated carbocycles. The Morgan fingerprint density at radius 1 is 1.09 bits per heavy atom. The lowest BCUT2D eigenvalue weighted by atomic mass is 9.69. The highest BCUT2D eigenvalue weighted by molar-refractivity contribution is 5.37. The molecule has 0 fully saturated rings. The monoisotopic (exact) mass is 298 g/mol. The summed E-state index contributed by atoms with van der Waals surface area (Å²) in [5.41, 5.74) is 1.60. The fourth-order valence-corrected chi connectivity index (χ4v) is 3.06. The third-order valence-corrected chi connectivity index (χ3v) is 4.32. The van der Waals surface area contributed by atoms with Gasteiger partial charge in [-0.15, -0.1) is 0 Å². The van der Waals surface area contributed by atoms with Gasteiger partial charge in [-0.1, -0.05) is 43.3 Å². The van der Waals surface area contributed by atoms with Gasteiger partial charge in [0.05, 0.1) is 17.2 Å². The third kappa shape index (κ3) is 3.37. The molecule has 0 amide bonds. The van der Waals surface area contributed by atoms with E-state index in [1.807, 2.05) is 49.5 Å². The molecule has 1 aromatic carbocycles. The molecule has 0 radical (unpaired) electrons. The van der Waals surface area contributed by atoms with Crippen molar-refractivity contribution in [2.75, 3.05) is 20.6 Å². The number of hydrogen-bond donors (Lipinski definition) is 1. The van der Waals surface area contributed by atoms with Crippen LogP contribution in [0.3, 0.4) is 0 Å². The van der Waals surface area contributed by atoms with Gasteiger partial charge in [0.15, 0.2) is 0 Å². The van der Waals surface area contributed by atoms with Gasteiger partial charge < -0.3 is 10.0 Å². The van der Waals surface area contributed by atoms with Gasteiger partial charge in [0.1, 0.15) is 0 Å². The van der Waals surface area contributed by atoms with E-state index in [-0.39, 0.29) is 0 Å². The van der Waals surface area contributed by atoms with Crippen LogP contribution in [0.15, 0.2) is 54.7 Å². The molecule has 0 bridgehead atoms. The average molecular weight is 298 g/mol. The van der Waals surface area contributed by atoms with Crippen LogP contribution in [0.1, 0.15) is 31.0 Å². The minimum absolute atomic E-state index is 0.468. The summed E-state index contributed by atoms with van der Waals surface area (Å²) in [6, 6.07) is 16.2. The standard InChI is InChI=1S/C19H26N2O/c1-4-18(22)19(13-15-21(2)3,16-10-6-5-7-11-16)17-12-8-9-14-20-17/h5-12,14,18,22H,4,13,15H2,1-3H3/t18-,19-/m0/s1. The Morgan fingerprint density at radius 3 is 2.32 bits per heavy atom. The van der Waals surface area contributed by atoms with Gasteiger partial charge in [0.25, 0.3) is 0 Å². The highest BCUT2D eigenvalue weighted by Gasteiger charge is 2.41. The van der Waals surface area contributed by atoms with Crippen molar-refractivity contribution in [3.63, 3.8) is 0 Å². The molecule has 0 spiro atoms. The van der Waals surface area contributed by atoms with E-state index in [4.69, 9.17) is 0 Å². The van der Waals surface area contributed by atoms with Crippen LogP contribution in [-0.2, 0) is 5.41 Å². The second-order valence-electron chi connectivity index (χ2n) is 6.03. The second kappa shape index (κ2) is 7.52. The number of hydrogen-bond acceptors (Lipinski definition) is 3. The fourth-order valence-electron chi connectivity index (χ4n) is 3.06. The predicted octanol–water partition coefficient (Wildman–Crippen LogP) is 3.09. The van der Waals surface area contributed by atoms with E-state index in [1.54, 1.807) is 0 Å². The van der Waals surface area contributed by atoms with Crippen LogP contribution in [-0.4, -0.2) is 41.7 Å². The first kappa shape index (κ1) is 16.7. The topological polar surface area (TPSA) is 36.4 Å². The summed E-state index contributed by atoms with van der Waals surface area (Å²) in [5, 5.41) is 10.9. The summed E-state index contributed by atoms with van der Waals surface area (Å²) in [6.07, 6.45) is 2.87. The van der Waals surface area contributed by atoms with Gasteiger partial charge in [0, 0.05) is 6.20 Å². The van der Waals surface area contributed by atoms with Gasteiger partial charge in [-0.3, -0.25) is 4.98 Å². The first-order valence-electron chi connectivity index (χ1n) is 7.91. The Hall–Kier alpha value is -1.71. The predicted molar refractivity (Wildman–Crippen MR) is 90.9 cm³/mol. The lowest BCUT2D eigenvalue weighted by Gasteiger charge is -2.39. The van der Waals surface area contributed by atoms with E-state index in [0.29, 0.717) is 6.42 Å². The Morgan fingerprint density at radius 2 is 1.77 bits per heavy atom. The minimum Gasteiger partial charge on any atom is -0.392 e. The van der Waals surface area contributed by atoms with Gasteiger partial charge in [-0.05, 0) is 51.2 Å². The molecule has 0 unspecified atom stereocenters. The third-order valence-electron chi connectivity index (χ3n) is 4.32. The van der Waals surface area contributed by atoms with E-state index in [2.05, 4.69) is 36.1 Å². The molecule has 1 N–H and O–H groups in total. The summed E-state index contributed by atoms with van der Waals surface area (Å²) in [6.45, 7) is 2.92. The normalized spacial score (nSPS) is 15.5. The Labute approximate surface area is 133 Å². The lowest BCUT2D eigenvalue weighted by Crippen LogP contribution is -2.43. The molecule has 0 saturated heterocycles. The van der Waals surface area contributed by atoms with E-state index in [9.17, 15) is 5.11 Å². The van der Waals surface area contributed by atoms with Crippen molar-refractivity contribution in [1.29, 1.82) is 0 Å². The summed E-state index contributed by atoms with van der Waals surface area (Å²) >= 11 is 0. The Bertz CT molecular complexity index is 515. The first-order chi connectivity index (χ1) is 10.6. The van der Waals surface area contributed by atoms with Crippen LogP contribution in [0.4, 0.5) is 0 Å². The maximum absolute atomic E-state index is 10.9. The number of rotatable bonds is 7. The molecule has 3 nitrogen and oxygen atoms in total. The van der Waals surface area contributed by atoms with E-state index < -0.39 is 11.5 Å². The molecule has 2 rings (SSSR count). The van der Waals surface area contributed by atoms with Crippen LogP contribution in [0.5, 0.6) is 0 Å². The maximum atomic E-state index is 10.9. The van der Waals surface area contributed by atoms with Crippen LogP contribution >= 0.6 is 0 Å². The Balaban J connectivity index is 2.58. The van der Waals surface area contributed by atoms with Gasteiger partial charge in [0.2, 0.25) is 0 Å². The molecule has 1 heterocycles. The lowest BCUT2D eigenvalue weighted by molar-refractivity contribution is 0.0853. The van der Waals surface area contributed by atoms with Crippen molar-refractivity contribution in [2.45, 2.75) is 31.3 Å². The van der Waals surface area contributed by atoms with Crippen molar-refractivity contribution in [3.8, 4) is 0 Å². The summed E-state index contributed by atoms with van der Waals surface area (Å²) in [7, 11) is 4.12. The molecule has 2 atom stereocenters. The summed E-state index contributed by atoms with van der Waals surface area (Å²) in [4.78, 5) is 6.75. The van der Waals surface area contributed by atoms with Crippen LogP contribution in [0.25, 0.3) is 0 Å². The molecule has 2 aromatic rings. The quantitative estimate of drug-likeness (QED) is 0.853. The maximum Gasteiger partial charge on any atom is 0.0690 e. The molecule has 3 heteroatoms. The summed E-state index contributed by atoms with van der Waals surface area (Å²) in [5.74, 6) is 0. The molecular formula is C19H26N2O. The van der Waals surface area contributed by atoms with Crippen molar-refractivity contribution in [3.05, 3.63) is 66.0 Å². The molecule has 1 aromatic heterocycles. The molecule has 0 aliphatic carbocycles. The number of aromatic nitrogens is 1. The van der Waals surface area contributed by atoms with Crippen molar-refractivity contribution < 1.29 is 5.11 Å². The summed E-state index contributed by atoms with van der Waals surface area (Å²) < 4.78 is 0. The molecule has 0 aliphatic rings. The van der Waals surface area contributed by atoms with Crippen molar-refractivity contribution >= 4 is 0 Å². The zero-order valence-corrected chi connectivity index (χ0v) is 13.7. The van der Waals surface area contributed by atoms with Gasteiger partial charge in [-0.2, -0.15) is 0 Å². The number of aliphatic hydroxyl groups excluding tert-OH is 1. The SMILES string of the molecule is CC[C@H](O)[C@@](CCN(C)C)(c1ccccc1)c1ccccn1. The highest BCUT2D eigenvalue weighted by atomic mass is 16.3. The van der Waals surface area contributed by atoms with Gasteiger partial charge in [-0.25, -0.2) is 0 Å². The number of benzene rings is 1. The van der Waals surface area contributed by atoms with E-state index in [0.717, 1.165) is 24.2 Å². The second-order valence-corrected chi connectivity index (χ2v) is 6.03. The number of nitrogens with zero attached hydrogens (tertiary/aromatic N) is 2. The van der Waals surface area contributed by atoms with Crippen LogP contribution in [0.2, 0.25) is 0 Å². The largest absolute Gasteiger partial charge is 0.392 e. The number of pyridine rings is 1. The molecule has 0 aliphatic heterocycles. The molecule has 22 heavy (non-hydrogen) atoms. The molecule has 118 valence electrons. The first-order valence-corrected chi connectivity index (χ1v) is 7.91. The highest BCUT2D eigenvalue weighted by Crippen LogP contribution is 2.39.